The van der Waals surface area contributed by atoms with Crippen LogP contribution in [-0.2, 0) is 4.74 Å². The number of anilines is 1. The van der Waals surface area contributed by atoms with Crippen molar-refractivity contribution in [2.45, 2.75) is 6.10 Å². The van der Waals surface area contributed by atoms with E-state index in [0.717, 1.165) is 6.07 Å². The van der Waals surface area contributed by atoms with Crippen LogP contribution in [-0.4, -0.2) is 48.0 Å². The maximum atomic E-state index is 14.0. The predicted molar refractivity (Wildman–Crippen MR) is 81.9 cm³/mol. The number of hydrogen-bond donors (Lipinski definition) is 1. The summed E-state index contributed by atoms with van der Waals surface area (Å²) in [5.74, 6) is -0.379. The van der Waals surface area contributed by atoms with Crippen LogP contribution >= 0.6 is 0 Å². The molecule has 0 spiro atoms. The smallest absolute Gasteiger partial charge is 0.234 e. The van der Waals surface area contributed by atoms with Gasteiger partial charge in [0.25, 0.3) is 0 Å². The lowest BCUT2D eigenvalue weighted by Crippen LogP contribution is -2.39. The third-order valence-corrected chi connectivity index (χ3v) is 3.64. The van der Waals surface area contributed by atoms with E-state index in [-0.39, 0.29) is 13.2 Å². The van der Waals surface area contributed by atoms with E-state index < -0.39 is 17.7 Å². The van der Waals surface area contributed by atoms with E-state index in [0.29, 0.717) is 37.0 Å². The van der Waals surface area contributed by atoms with Crippen molar-refractivity contribution in [2.24, 2.45) is 0 Å². The third-order valence-electron chi connectivity index (χ3n) is 3.64. The van der Waals surface area contributed by atoms with Crippen LogP contribution in [0.15, 0.2) is 30.6 Å². The van der Waals surface area contributed by atoms with Gasteiger partial charge in [-0.1, -0.05) is 6.07 Å². The number of morpholine rings is 1. The molecule has 2 aromatic rings. The van der Waals surface area contributed by atoms with Crippen LogP contribution in [0.4, 0.5) is 14.6 Å². The van der Waals surface area contributed by atoms with E-state index in [1.54, 1.807) is 6.20 Å². The first-order chi connectivity index (χ1) is 11.7. The van der Waals surface area contributed by atoms with Crippen molar-refractivity contribution < 1.29 is 23.4 Å². The van der Waals surface area contributed by atoms with Gasteiger partial charge in [0, 0.05) is 18.2 Å². The zero-order chi connectivity index (χ0) is 16.9. The number of benzene rings is 1. The van der Waals surface area contributed by atoms with Gasteiger partial charge in [0.15, 0.2) is 5.82 Å². The van der Waals surface area contributed by atoms with Crippen LogP contribution in [0.5, 0.6) is 5.88 Å². The zero-order valence-corrected chi connectivity index (χ0v) is 12.9. The fourth-order valence-electron chi connectivity index (χ4n) is 2.52. The molecule has 1 aliphatic heterocycles. The molecule has 0 radical (unpaired) electrons. The molecule has 24 heavy (non-hydrogen) atoms. The Bertz CT molecular complexity index is 702. The number of aromatic nitrogens is 2. The van der Waals surface area contributed by atoms with E-state index >= 15 is 0 Å². The summed E-state index contributed by atoms with van der Waals surface area (Å²) in [4.78, 5) is 10.3. The Morgan fingerprint density at radius 3 is 3.00 bits per heavy atom. The van der Waals surface area contributed by atoms with Gasteiger partial charge >= 0.3 is 0 Å². The molecule has 0 amide bonds. The lowest BCUT2D eigenvalue weighted by atomic mass is 10.1. The first-order valence-electron chi connectivity index (χ1n) is 7.54. The Labute approximate surface area is 137 Å². The second-order valence-electron chi connectivity index (χ2n) is 5.26. The molecule has 128 valence electrons. The molecule has 0 bridgehead atoms. The number of ether oxygens (including phenoxy) is 2. The van der Waals surface area contributed by atoms with Gasteiger partial charge in [-0.15, -0.1) is 0 Å². The second kappa shape index (κ2) is 7.50. The molecule has 1 fully saturated rings. The molecule has 1 atom stereocenters. The van der Waals surface area contributed by atoms with Gasteiger partial charge in [0.2, 0.25) is 5.88 Å². The van der Waals surface area contributed by atoms with Gasteiger partial charge < -0.3 is 19.5 Å². The van der Waals surface area contributed by atoms with Crippen molar-refractivity contribution in [1.29, 1.82) is 0 Å². The molecule has 1 aromatic heterocycles. The number of nitrogens with zero attached hydrogens (tertiary/aromatic N) is 3. The molecule has 1 N–H and O–H groups in total. The highest BCUT2D eigenvalue weighted by atomic mass is 19.1. The van der Waals surface area contributed by atoms with Gasteiger partial charge in [-0.25, -0.2) is 8.78 Å². The molecule has 3 rings (SSSR count). The lowest BCUT2D eigenvalue weighted by molar-refractivity contribution is 0.0371. The highest BCUT2D eigenvalue weighted by molar-refractivity contribution is 5.39. The Morgan fingerprint density at radius 2 is 2.21 bits per heavy atom. The summed E-state index contributed by atoms with van der Waals surface area (Å²) in [6, 6.07) is 3.45. The van der Waals surface area contributed by atoms with Crippen molar-refractivity contribution in [3.05, 3.63) is 47.8 Å². The van der Waals surface area contributed by atoms with Gasteiger partial charge in [-0.3, -0.25) is 4.98 Å². The van der Waals surface area contributed by atoms with E-state index in [9.17, 15) is 8.78 Å². The molecule has 1 aliphatic rings. The van der Waals surface area contributed by atoms with Gasteiger partial charge in [0.05, 0.1) is 32.2 Å². The summed E-state index contributed by atoms with van der Waals surface area (Å²) in [6.07, 6.45) is 2.51. The molecular weight excluding hydrogens is 320 g/mol. The molecule has 0 saturated carbocycles. The minimum absolute atomic E-state index is 0.116. The lowest BCUT2D eigenvalue weighted by Gasteiger charge is -2.33. The SMILES string of the molecule is OCCOc1cncc(N2CCOC(c3ccc(F)cc3F)C2)n1. The summed E-state index contributed by atoms with van der Waals surface area (Å²) in [7, 11) is 0. The summed E-state index contributed by atoms with van der Waals surface area (Å²) in [5.41, 5.74) is 0.307. The largest absolute Gasteiger partial charge is 0.474 e. The summed E-state index contributed by atoms with van der Waals surface area (Å²) < 4.78 is 37.9. The summed E-state index contributed by atoms with van der Waals surface area (Å²) in [6.45, 7) is 1.32. The van der Waals surface area contributed by atoms with Crippen LogP contribution in [0.25, 0.3) is 0 Å². The first-order valence-corrected chi connectivity index (χ1v) is 7.54. The van der Waals surface area contributed by atoms with Crippen LogP contribution in [0, 0.1) is 11.6 Å². The molecule has 1 saturated heterocycles. The Balaban J connectivity index is 1.75. The number of aliphatic hydroxyl groups is 1. The van der Waals surface area contributed by atoms with Crippen LogP contribution in [0.3, 0.4) is 0 Å². The number of halogens is 2. The van der Waals surface area contributed by atoms with E-state index in [1.165, 1.54) is 18.3 Å². The van der Waals surface area contributed by atoms with Crippen molar-refractivity contribution >= 4 is 5.82 Å². The van der Waals surface area contributed by atoms with Crippen molar-refractivity contribution in [3.8, 4) is 5.88 Å². The van der Waals surface area contributed by atoms with Crippen LogP contribution in [0.2, 0.25) is 0 Å². The average molecular weight is 337 g/mol. The maximum absolute atomic E-state index is 14.0. The molecule has 8 heteroatoms. The van der Waals surface area contributed by atoms with Crippen LogP contribution < -0.4 is 9.64 Å². The Hall–Kier alpha value is -2.32. The fraction of sp³-hybridized carbons (Fsp3) is 0.375. The summed E-state index contributed by atoms with van der Waals surface area (Å²) >= 11 is 0. The van der Waals surface area contributed by atoms with Gasteiger partial charge in [-0.2, -0.15) is 4.98 Å². The zero-order valence-electron chi connectivity index (χ0n) is 12.9. The van der Waals surface area contributed by atoms with Gasteiger partial charge in [0.1, 0.15) is 24.3 Å². The molecule has 1 unspecified atom stereocenters. The van der Waals surface area contributed by atoms with E-state index in [1.807, 2.05) is 4.90 Å². The van der Waals surface area contributed by atoms with Crippen molar-refractivity contribution in [1.82, 2.24) is 9.97 Å². The predicted octanol–water partition coefficient (Wildman–Crippen LogP) is 1.70. The highest BCUT2D eigenvalue weighted by Gasteiger charge is 2.25. The van der Waals surface area contributed by atoms with E-state index in [4.69, 9.17) is 14.6 Å². The monoisotopic (exact) mass is 337 g/mol. The average Bonchev–Trinajstić information content (AvgIpc) is 2.60. The molecule has 1 aromatic carbocycles. The first kappa shape index (κ1) is 16.5. The fourth-order valence-corrected chi connectivity index (χ4v) is 2.52. The molecular formula is C16H17F2N3O3. The summed E-state index contributed by atoms with van der Waals surface area (Å²) in [5, 5.41) is 8.79. The normalized spacial score (nSPS) is 17.8. The number of aliphatic hydroxyl groups excluding tert-OH is 1. The Morgan fingerprint density at radius 1 is 1.33 bits per heavy atom. The molecule has 0 aliphatic carbocycles. The second-order valence-corrected chi connectivity index (χ2v) is 5.26. The minimum atomic E-state index is -0.632. The Kier molecular flexibility index (Phi) is 5.17. The number of hydrogen-bond acceptors (Lipinski definition) is 6. The molecule has 6 nitrogen and oxygen atoms in total. The molecule has 2 heterocycles. The van der Waals surface area contributed by atoms with Crippen molar-refractivity contribution in [2.75, 3.05) is 37.8 Å². The minimum Gasteiger partial charge on any atom is -0.474 e. The topological polar surface area (TPSA) is 67.7 Å². The maximum Gasteiger partial charge on any atom is 0.234 e. The van der Waals surface area contributed by atoms with Crippen LogP contribution in [0.1, 0.15) is 11.7 Å². The highest BCUT2D eigenvalue weighted by Crippen LogP contribution is 2.27. The van der Waals surface area contributed by atoms with Gasteiger partial charge in [-0.05, 0) is 6.07 Å². The quantitative estimate of drug-likeness (QED) is 0.896. The van der Waals surface area contributed by atoms with Crippen molar-refractivity contribution in [3.63, 3.8) is 0 Å². The standard InChI is InChI=1S/C16H17F2N3O3/c17-11-1-2-12(13(18)7-11)14-10-21(3-5-23-14)15-8-19-9-16(20-15)24-6-4-22/h1-2,7-9,14,22H,3-6,10H2. The number of rotatable bonds is 5. The van der Waals surface area contributed by atoms with E-state index in [2.05, 4.69) is 9.97 Å². The third kappa shape index (κ3) is 3.77.